The summed E-state index contributed by atoms with van der Waals surface area (Å²) in [6.07, 6.45) is 4.73. The summed E-state index contributed by atoms with van der Waals surface area (Å²) in [5, 5.41) is 17.8. The largest absolute Gasteiger partial charge is 0.391 e. The normalized spacial score (nSPS) is 23.6. The highest BCUT2D eigenvalue weighted by molar-refractivity contribution is 5.94. The predicted octanol–water partition coefficient (Wildman–Crippen LogP) is 1.99. The summed E-state index contributed by atoms with van der Waals surface area (Å²) in [7, 11) is 0. The van der Waals surface area contributed by atoms with E-state index in [1.807, 2.05) is 11.6 Å². The number of rotatable bonds is 4. The number of carbonyl (C=O) groups is 1. The number of aromatic nitrogens is 4. The SMILES string of the molecule is Cc1nc([C@H]2CC[C@@H](O)[C@H](NC(=O)c3cccnc3)C2)n(C(C)C)n1. The molecule has 0 unspecified atom stereocenters. The maximum absolute atomic E-state index is 12.4. The molecule has 2 N–H and O–H groups in total. The molecule has 0 aromatic carbocycles. The number of aryl methyl sites for hydroxylation is 1. The number of carbonyl (C=O) groups excluding carboxylic acids is 1. The maximum Gasteiger partial charge on any atom is 0.253 e. The predicted molar refractivity (Wildman–Crippen MR) is 93.2 cm³/mol. The number of pyridine rings is 1. The molecule has 3 rings (SSSR count). The van der Waals surface area contributed by atoms with Gasteiger partial charge in [0.1, 0.15) is 11.6 Å². The highest BCUT2D eigenvalue weighted by Gasteiger charge is 2.34. The fourth-order valence-electron chi connectivity index (χ4n) is 3.40. The third-order valence-electron chi connectivity index (χ3n) is 4.67. The first-order valence-electron chi connectivity index (χ1n) is 8.77. The average Bonchev–Trinajstić information content (AvgIpc) is 3.00. The zero-order chi connectivity index (χ0) is 18.0. The van der Waals surface area contributed by atoms with Gasteiger partial charge in [-0.15, -0.1) is 0 Å². The smallest absolute Gasteiger partial charge is 0.253 e. The van der Waals surface area contributed by atoms with Crippen LogP contribution in [0.1, 0.15) is 67.1 Å². The van der Waals surface area contributed by atoms with E-state index in [1.165, 1.54) is 6.20 Å². The molecule has 2 heterocycles. The van der Waals surface area contributed by atoms with Crippen LogP contribution in [-0.2, 0) is 0 Å². The molecule has 134 valence electrons. The number of hydrogen-bond donors (Lipinski definition) is 2. The Bertz CT molecular complexity index is 728. The van der Waals surface area contributed by atoms with Crippen molar-refractivity contribution in [2.24, 2.45) is 0 Å². The lowest BCUT2D eigenvalue weighted by atomic mass is 9.83. The molecule has 0 saturated heterocycles. The Morgan fingerprint density at radius 3 is 2.88 bits per heavy atom. The Balaban J connectivity index is 1.75. The Morgan fingerprint density at radius 1 is 1.40 bits per heavy atom. The molecule has 0 spiro atoms. The van der Waals surface area contributed by atoms with Crippen LogP contribution in [0.3, 0.4) is 0 Å². The molecule has 7 nitrogen and oxygen atoms in total. The van der Waals surface area contributed by atoms with Crippen molar-refractivity contribution in [1.82, 2.24) is 25.1 Å². The fourth-order valence-corrected chi connectivity index (χ4v) is 3.40. The second kappa shape index (κ2) is 7.31. The number of hydrogen-bond acceptors (Lipinski definition) is 5. The van der Waals surface area contributed by atoms with Crippen LogP contribution in [0.4, 0.5) is 0 Å². The van der Waals surface area contributed by atoms with E-state index < -0.39 is 6.10 Å². The lowest BCUT2D eigenvalue weighted by molar-refractivity contribution is 0.0667. The van der Waals surface area contributed by atoms with E-state index in [0.717, 1.165) is 18.1 Å². The van der Waals surface area contributed by atoms with E-state index in [0.29, 0.717) is 18.4 Å². The number of aliphatic hydroxyl groups is 1. The van der Waals surface area contributed by atoms with Crippen LogP contribution in [0.5, 0.6) is 0 Å². The third kappa shape index (κ3) is 3.87. The molecule has 1 aliphatic carbocycles. The van der Waals surface area contributed by atoms with Gasteiger partial charge in [0.05, 0.1) is 17.7 Å². The van der Waals surface area contributed by atoms with Crippen LogP contribution in [0, 0.1) is 6.92 Å². The summed E-state index contributed by atoms with van der Waals surface area (Å²) < 4.78 is 1.96. The van der Waals surface area contributed by atoms with Gasteiger partial charge in [0, 0.05) is 24.4 Å². The number of nitrogens with one attached hydrogen (secondary N) is 1. The van der Waals surface area contributed by atoms with Gasteiger partial charge in [-0.3, -0.25) is 9.78 Å². The molecule has 1 fully saturated rings. The average molecular weight is 343 g/mol. The van der Waals surface area contributed by atoms with Crippen molar-refractivity contribution >= 4 is 5.91 Å². The first kappa shape index (κ1) is 17.5. The Kier molecular flexibility index (Phi) is 5.13. The molecule has 2 aromatic heterocycles. The van der Waals surface area contributed by atoms with Gasteiger partial charge < -0.3 is 10.4 Å². The van der Waals surface area contributed by atoms with Crippen molar-refractivity contribution in [1.29, 1.82) is 0 Å². The van der Waals surface area contributed by atoms with Crippen molar-refractivity contribution in [3.8, 4) is 0 Å². The summed E-state index contributed by atoms with van der Waals surface area (Å²) in [5.74, 6) is 1.66. The van der Waals surface area contributed by atoms with Crippen LogP contribution in [0.15, 0.2) is 24.5 Å². The molecule has 1 aliphatic rings. The fraction of sp³-hybridized carbons (Fsp3) is 0.556. The lowest BCUT2D eigenvalue weighted by Gasteiger charge is -2.33. The van der Waals surface area contributed by atoms with Crippen LogP contribution in [0.25, 0.3) is 0 Å². The molecule has 1 amide bonds. The van der Waals surface area contributed by atoms with Crippen LogP contribution in [0.2, 0.25) is 0 Å². The minimum absolute atomic E-state index is 0.172. The molecule has 2 aromatic rings. The first-order valence-corrected chi connectivity index (χ1v) is 8.77. The van der Waals surface area contributed by atoms with E-state index in [9.17, 15) is 9.90 Å². The van der Waals surface area contributed by atoms with Gasteiger partial charge in [-0.25, -0.2) is 9.67 Å². The Morgan fingerprint density at radius 2 is 2.20 bits per heavy atom. The van der Waals surface area contributed by atoms with Gasteiger partial charge in [-0.1, -0.05) is 0 Å². The molecule has 1 saturated carbocycles. The quantitative estimate of drug-likeness (QED) is 0.885. The third-order valence-corrected chi connectivity index (χ3v) is 4.67. The Hall–Kier alpha value is -2.28. The van der Waals surface area contributed by atoms with Crippen molar-refractivity contribution in [3.63, 3.8) is 0 Å². The van der Waals surface area contributed by atoms with E-state index in [4.69, 9.17) is 0 Å². The van der Waals surface area contributed by atoms with Crippen LogP contribution < -0.4 is 5.32 Å². The maximum atomic E-state index is 12.4. The molecule has 0 aliphatic heterocycles. The van der Waals surface area contributed by atoms with Gasteiger partial charge in [0.15, 0.2) is 0 Å². The molecule has 3 atom stereocenters. The van der Waals surface area contributed by atoms with E-state index >= 15 is 0 Å². The molecular formula is C18H25N5O2. The molecule has 0 radical (unpaired) electrons. The second-order valence-corrected chi connectivity index (χ2v) is 6.95. The van der Waals surface area contributed by atoms with Gasteiger partial charge in [-0.05, 0) is 52.2 Å². The zero-order valence-corrected chi connectivity index (χ0v) is 14.9. The summed E-state index contributed by atoms with van der Waals surface area (Å²) in [6.45, 7) is 6.05. The standard InChI is InChI=1S/C18H25N5O2/c1-11(2)23-17(20-12(3)22-23)13-6-7-16(24)15(9-13)21-18(25)14-5-4-8-19-10-14/h4-5,8,10-11,13,15-16,24H,6-7,9H2,1-3H3,(H,21,25)/t13-,15+,16+/m0/s1. The summed E-state index contributed by atoms with van der Waals surface area (Å²) >= 11 is 0. The topological polar surface area (TPSA) is 92.9 Å². The van der Waals surface area contributed by atoms with Crippen LogP contribution >= 0.6 is 0 Å². The van der Waals surface area contributed by atoms with E-state index in [2.05, 4.69) is 34.2 Å². The number of nitrogens with zero attached hydrogens (tertiary/aromatic N) is 4. The zero-order valence-electron chi connectivity index (χ0n) is 14.9. The van der Waals surface area contributed by atoms with Crippen LogP contribution in [-0.4, -0.2) is 42.9 Å². The van der Waals surface area contributed by atoms with Gasteiger partial charge in [0.2, 0.25) is 0 Å². The van der Waals surface area contributed by atoms with Crippen molar-refractivity contribution in [3.05, 3.63) is 41.7 Å². The molecular weight excluding hydrogens is 318 g/mol. The monoisotopic (exact) mass is 343 g/mol. The van der Waals surface area contributed by atoms with Crippen molar-refractivity contribution < 1.29 is 9.90 Å². The minimum atomic E-state index is -0.548. The summed E-state index contributed by atoms with van der Waals surface area (Å²) in [6, 6.07) is 3.37. The molecule has 25 heavy (non-hydrogen) atoms. The van der Waals surface area contributed by atoms with E-state index in [-0.39, 0.29) is 23.9 Å². The lowest BCUT2D eigenvalue weighted by Crippen LogP contribution is -2.47. The summed E-state index contributed by atoms with van der Waals surface area (Å²) in [4.78, 5) is 21.0. The summed E-state index contributed by atoms with van der Waals surface area (Å²) in [5.41, 5.74) is 0.498. The van der Waals surface area contributed by atoms with Gasteiger partial charge in [-0.2, -0.15) is 5.10 Å². The van der Waals surface area contributed by atoms with Gasteiger partial charge >= 0.3 is 0 Å². The second-order valence-electron chi connectivity index (χ2n) is 6.95. The molecule has 0 bridgehead atoms. The van der Waals surface area contributed by atoms with Crippen molar-refractivity contribution in [2.45, 2.75) is 64.1 Å². The number of amides is 1. The van der Waals surface area contributed by atoms with Crippen molar-refractivity contribution in [2.75, 3.05) is 0 Å². The van der Waals surface area contributed by atoms with Gasteiger partial charge in [0.25, 0.3) is 5.91 Å². The number of aliphatic hydroxyl groups excluding tert-OH is 1. The Labute approximate surface area is 147 Å². The first-order chi connectivity index (χ1) is 12.0. The van der Waals surface area contributed by atoms with E-state index in [1.54, 1.807) is 18.3 Å². The highest BCUT2D eigenvalue weighted by atomic mass is 16.3. The highest BCUT2D eigenvalue weighted by Crippen LogP contribution is 2.33. The molecule has 7 heteroatoms. The minimum Gasteiger partial charge on any atom is -0.391 e.